The fourth-order valence-corrected chi connectivity index (χ4v) is 7.12. The summed E-state index contributed by atoms with van der Waals surface area (Å²) in [5.74, 6) is 0.743. The minimum atomic E-state index is -3.83. The van der Waals surface area contributed by atoms with E-state index in [9.17, 15) is 16.8 Å². The van der Waals surface area contributed by atoms with E-state index in [1.165, 1.54) is 33.8 Å². The van der Waals surface area contributed by atoms with Gasteiger partial charge in [0.1, 0.15) is 10.8 Å². The van der Waals surface area contributed by atoms with Gasteiger partial charge in [-0.2, -0.15) is 0 Å². The number of sulfonamides is 2. The van der Waals surface area contributed by atoms with Crippen LogP contribution in [0.4, 0.5) is 5.69 Å². The van der Waals surface area contributed by atoms with Gasteiger partial charge in [0.15, 0.2) is 17.6 Å². The minimum Gasteiger partial charge on any atom is -0.485 e. The highest BCUT2D eigenvalue weighted by Crippen LogP contribution is 2.40. The molecule has 0 bridgehead atoms. The molecule has 0 fully saturated rings. The van der Waals surface area contributed by atoms with Gasteiger partial charge in [0, 0.05) is 12.6 Å². The average molecular weight is 493 g/mol. The van der Waals surface area contributed by atoms with Crippen molar-refractivity contribution < 1.29 is 26.3 Å². The Labute approximate surface area is 190 Å². The largest absolute Gasteiger partial charge is 0.485 e. The van der Waals surface area contributed by atoms with Gasteiger partial charge >= 0.3 is 0 Å². The summed E-state index contributed by atoms with van der Waals surface area (Å²) in [4.78, 5) is -0.0425. The van der Waals surface area contributed by atoms with Crippen molar-refractivity contribution in [3.63, 3.8) is 0 Å². The molecule has 11 heteroatoms. The molecule has 0 saturated heterocycles. The van der Waals surface area contributed by atoms with Crippen molar-refractivity contribution in [3.8, 4) is 11.5 Å². The smallest absolute Gasteiger partial charge is 0.273 e. The standard InChI is InChI=1S/C21H20N2O6S3/c22-31(24,25)16-6-8-18-19(12-16)28-13-20(29-18)15-5-7-17-14(11-15)3-1-9-23(17)32(26,27)21-4-2-10-30-21/h2,4-8,10-12,20H,1,3,9,13H2,(H2,22,24,25). The van der Waals surface area contributed by atoms with Gasteiger partial charge in [0.25, 0.3) is 10.0 Å². The topological polar surface area (TPSA) is 116 Å². The molecule has 168 valence electrons. The Hall–Kier alpha value is -2.60. The van der Waals surface area contributed by atoms with Crippen LogP contribution >= 0.6 is 11.3 Å². The van der Waals surface area contributed by atoms with E-state index in [1.54, 1.807) is 17.5 Å². The van der Waals surface area contributed by atoms with Crippen LogP contribution in [-0.2, 0) is 26.5 Å². The van der Waals surface area contributed by atoms with Crippen LogP contribution in [0, 0.1) is 0 Å². The summed E-state index contributed by atoms with van der Waals surface area (Å²) in [5.41, 5.74) is 2.48. The van der Waals surface area contributed by atoms with Crippen LogP contribution in [0.15, 0.2) is 63.0 Å². The van der Waals surface area contributed by atoms with Crippen LogP contribution in [-0.4, -0.2) is 30.0 Å². The molecule has 0 saturated carbocycles. The molecule has 5 rings (SSSR count). The number of hydrogen-bond donors (Lipinski definition) is 1. The zero-order valence-corrected chi connectivity index (χ0v) is 19.3. The van der Waals surface area contributed by atoms with Gasteiger partial charge in [-0.1, -0.05) is 12.1 Å². The highest BCUT2D eigenvalue weighted by atomic mass is 32.2. The lowest BCUT2D eigenvalue weighted by molar-refractivity contribution is 0.0909. The van der Waals surface area contributed by atoms with Crippen LogP contribution in [0.2, 0.25) is 0 Å². The summed E-state index contributed by atoms with van der Waals surface area (Å²) in [6.07, 6.45) is 1.08. The Bertz CT molecular complexity index is 1380. The molecule has 2 aliphatic heterocycles. The third-order valence-corrected chi connectivity index (χ3v) is 9.59. The van der Waals surface area contributed by atoms with E-state index in [2.05, 4.69) is 0 Å². The van der Waals surface area contributed by atoms with Crippen LogP contribution in [0.25, 0.3) is 0 Å². The highest BCUT2D eigenvalue weighted by molar-refractivity contribution is 7.94. The maximum atomic E-state index is 13.1. The van der Waals surface area contributed by atoms with Crippen LogP contribution in [0.5, 0.6) is 11.5 Å². The Balaban J connectivity index is 1.43. The second kappa shape index (κ2) is 7.77. The molecule has 0 spiro atoms. The molecule has 1 aromatic heterocycles. The predicted molar refractivity (Wildman–Crippen MR) is 120 cm³/mol. The molecule has 3 aromatic rings. The van der Waals surface area contributed by atoms with E-state index in [-0.39, 0.29) is 11.5 Å². The Morgan fingerprint density at radius 3 is 2.62 bits per heavy atom. The van der Waals surface area contributed by atoms with Crippen molar-refractivity contribution >= 4 is 37.1 Å². The molecule has 0 aliphatic carbocycles. The molecule has 2 N–H and O–H groups in total. The number of anilines is 1. The fraction of sp³-hybridized carbons (Fsp3) is 0.238. The lowest BCUT2D eigenvalue weighted by atomic mass is 9.98. The minimum absolute atomic E-state index is 0.0425. The Morgan fingerprint density at radius 1 is 1.03 bits per heavy atom. The Morgan fingerprint density at radius 2 is 1.88 bits per heavy atom. The molecule has 2 aromatic carbocycles. The number of fused-ring (bicyclic) bond motifs is 2. The number of nitrogens with two attached hydrogens (primary N) is 1. The van der Waals surface area contributed by atoms with E-state index in [1.807, 2.05) is 18.2 Å². The molecular weight excluding hydrogens is 472 g/mol. The van der Waals surface area contributed by atoms with Crippen molar-refractivity contribution in [2.45, 2.75) is 28.1 Å². The SMILES string of the molecule is NS(=O)(=O)c1ccc2c(c1)OCC(c1ccc3c(c1)CCCN3S(=O)(=O)c1cccs1)O2. The van der Waals surface area contributed by atoms with Crippen molar-refractivity contribution in [1.29, 1.82) is 0 Å². The zero-order valence-electron chi connectivity index (χ0n) is 16.8. The van der Waals surface area contributed by atoms with Crippen molar-refractivity contribution in [2.24, 2.45) is 5.14 Å². The lowest BCUT2D eigenvalue weighted by Gasteiger charge is -2.32. The summed E-state index contributed by atoms with van der Waals surface area (Å²) >= 11 is 1.21. The molecular formula is C21H20N2O6S3. The fourth-order valence-electron chi connectivity index (χ4n) is 3.94. The first kappa shape index (κ1) is 21.3. The van der Waals surface area contributed by atoms with Crippen molar-refractivity contribution in [2.75, 3.05) is 17.5 Å². The number of primary sulfonamides is 1. The summed E-state index contributed by atoms with van der Waals surface area (Å²) < 4.78 is 62.8. The number of rotatable bonds is 4. The third kappa shape index (κ3) is 3.75. The monoisotopic (exact) mass is 492 g/mol. The normalized spacial score (nSPS) is 18.3. The Kier molecular flexibility index (Phi) is 5.16. The quantitative estimate of drug-likeness (QED) is 0.598. The van der Waals surface area contributed by atoms with Crippen LogP contribution in [0.3, 0.4) is 0 Å². The number of nitrogens with zero attached hydrogens (tertiary/aromatic N) is 1. The maximum Gasteiger partial charge on any atom is 0.273 e. The zero-order chi connectivity index (χ0) is 22.5. The van der Waals surface area contributed by atoms with E-state index >= 15 is 0 Å². The summed E-state index contributed by atoms with van der Waals surface area (Å²) in [5, 5.41) is 6.93. The second-order valence-corrected chi connectivity index (χ2v) is 12.2. The van der Waals surface area contributed by atoms with Gasteiger partial charge in [0.05, 0.1) is 10.6 Å². The first-order valence-corrected chi connectivity index (χ1v) is 13.8. The lowest BCUT2D eigenvalue weighted by Crippen LogP contribution is -2.35. The molecule has 32 heavy (non-hydrogen) atoms. The number of benzene rings is 2. The molecule has 1 atom stereocenters. The molecule has 0 radical (unpaired) electrons. The van der Waals surface area contributed by atoms with Gasteiger partial charge in [0.2, 0.25) is 10.0 Å². The number of hydrogen-bond acceptors (Lipinski definition) is 7. The molecule has 0 amide bonds. The number of aryl methyl sites for hydroxylation is 1. The van der Waals surface area contributed by atoms with Crippen LogP contribution in [0.1, 0.15) is 23.7 Å². The molecule has 1 unspecified atom stereocenters. The van der Waals surface area contributed by atoms with E-state index < -0.39 is 26.2 Å². The van der Waals surface area contributed by atoms with Crippen molar-refractivity contribution in [3.05, 3.63) is 65.0 Å². The highest BCUT2D eigenvalue weighted by Gasteiger charge is 2.31. The molecule has 2 aliphatic rings. The third-order valence-electron chi connectivity index (χ3n) is 5.49. The summed E-state index contributed by atoms with van der Waals surface area (Å²) in [6.45, 7) is 0.631. The van der Waals surface area contributed by atoms with Crippen LogP contribution < -0.4 is 18.9 Å². The number of thiophene rings is 1. The van der Waals surface area contributed by atoms with E-state index in [0.29, 0.717) is 27.9 Å². The average Bonchev–Trinajstić information content (AvgIpc) is 3.33. The van der Waals surface area contributed by atoms with Gasteiger partial charge in [-0.05, 0) is 59.7 Å². The maximum absolute atomic E-state index is 13.1. The first-order chi connectivity index (χ1) is 15.2. The number of ether oxygens (including phenoxy) is 2. The molecule has 3 heterocycles. The first-order valence-electron chi connectivity index (χ1n) is 9.89. The van der Waals surface area contributed by atoms with Gasteiger partial charge < -0.3 is 9.47 Å². The summed E-state index contributed by atoms with van der Waals surface area (Å²) in [7, 11) is -7.42. The van der Waals surface area contributed by atoms with E-state index in [4.69, 9.17) is 14.6 Å². The molecule has 8 nitrogen and oxygen atoms in total. The second-order valence-electron chi connectivity index (χ2n) is 7.57. The van der Waals surface area contributed by atoms with Gasteiger partial charge in [-0.15, -0.1) is 11.3 Å². The van der Waals surface area contributed by atoms with Gasteiger partial charge in [-0.25, -0.2) is 22.0 Å². The predicted octanol–water partition coefficient (Wildman–Crippen LogP) is 3.05. The van der Waals surface area contributed by atoms with E-state index in [0.717, 1.165) is 24.0 Å². The van der Waals surface area contributed by atoms with Crippen molar-refractivity contribution in [1.82, 2.24) is 0 Å². The van der Waals surface area contributed by atoms with Gasteiger partial charge in [-0.3, -0.25) is 4.31 Å². The summed E-state index contributed by atoms with van der Waals surface area (Å²) in [6, 6.07) is 13.2.